The summed E-state index contributed by atoms with van der Waals surface area (Å²) >= 11 is 0. The Morgan fingerprint density at radius 2 is 1.46 bits per heavy atom. The molecule has 0 spiro atoms. The third-order valence-corrected chi connectivity index (χ3v) is 5.17. The van der Waals surface area contributed by atoms with E-state index in [0.29, 0.717) is 26.2 Å². The fourth-order valence-corrected chi connectivity index (χ4v) is 3.80. The lowest BCUT2D eigenvalue weighted by Gasteiger charge is -2.29. The van der Waals surface area contributed by atoms with Gasteiger partial charge in [-0.15, -0.1) is 0 Å². The van der Waals surface area contributed by atoms with Gasteiger partial charge in [-0.3, -0.25) is 19.4 Å². The van der Waals surface area contributed by atoms with Crippen LogP contribution in [0, 0.1) is 5.92 Å². The van der Waals surface area contributed by atoms with Crippen molar-refractivity contribution in [3.8, 4) is 0 Å². The molecule has 0 aromatic rings. The highest BCUT2D eigenvalue weighted by atomic mass is 19.4. The molecule has 9 heteroatoms. The number of halogens is 3. The van der Waals surface area contributed by atoms with Gasteiger partial charge < -0.3 is 9.80 Å². The van der Waals surface area contributed by atoms with Gasteiger partial charge >= 0.3 is 6.18 Å². The predicted octanol–water partition coefficient (Wildman–Crippen LogP) is 1.66. The lowest BCUT2D eigenvalue weighted by molar-refractivity contribution is -0.162. The molecule has 2 aliphatic heterocycles. The minimum absolute atomic E-state index is 0.00326. The third-order valence-electron chi connectivity index (χ3n) is 5.17. The normalized spacial score (nSPS) is 19.9. The maximum Gasteiger partial charge on any atom is 0.406 e. The summed E-state index contributed by atoms with van der Waals surface area (Å²) in [4.78, 5) is 31.6. The molecule has 0 aromatic carbocycles. The Kier molecular flexibility index (Phi) is 8.55. The fourth-order valence-electron chi connectivity index (χ4n) is 3.80. The molecule has 2 fully saturated rings. The van der Waals surface area contributed by atoms with Gasteiger partial charge in [-0.25, -0.2) is 0 Å². The van der Waals surface area contributed by atoms with E-state index < -0.39 is 18.6 Å². The van der Waals surface area contributed by atoms with Crippen molar-refractivity contribution >= 4 is 11.8 Å². The van der Waals surface area contributed by atoms with Crippen molar-refractivity contribution in [3.05, 3.63) is 0 Å². The molecule has 0 unspecified atom stereocenters. The minimum atomic E-state index is -4.39. The number of likely N-dealkylation sites (tertiary alicyclic amines) is 1. The van der Waals surface area contributed by atoms with Gasteiger partial charge in [0.05, 0.1) is 13.1 Å². The van der Waals surface area contributed by atoms with Gasteiger partial charge in [0.15, 0.2) is 0 Å². The molecule has 162 valence electrons. The van der Waals surface area contributed by atoms with E-state index in [1.54, 1.807) is 13.8 Å². The molecule has 0 bridgehead atoms. The first kappa shape index (κ1) is 22.9. The molecule has 0 N–H and O–H groups in total. The first-order chi connectivity index (χ1) is 13.1. The molecule has 0 aromatic heterocycles. The molecule has 6 nitrogen and oxygen atoms in total. The molecule has 2 amide bonds. The molecule has 0 radical (unpaired) electrons. The second-order valence-corrected chi connectivity index (χ2v) is 8.28. The van der Waals surface area contributed by atoms with Gasteiger partial charge in [0.2, 0.25) is 11.8 Å². The van der Waals surface area contributed by atoms with Crippen LogP contribution in [0.25, 0.3) is 0 Å². The molecule has 2 aliphatic rings. The van der Waals surface area contributed by atoms with E-state index in [1.807, 2.05) is 9.80 Å². The van der Waals surface area contributed by atoms with Crippen LogP contribution < -0.4 is 0 Å². The SMILES string of the molecule is CC(C)CN(CC(F)(F)F)C(=O)CN1CCCN(CC(=O)N2CCCC2)CC1. The van der Waals surface area contributed by atoms with Gasteiger partial charge in [-0.05, 0) is 38.3 Å². The van der Waals surface area contributed by atoms with Crippen LogP contribution in [0.4, 0.5) is 13.2 Å². The quantitative estimate of drug-likeness (QED) is 0.645. The predicted molar refractivity (Wildman–Crippen MR) is 101 cm³/mol. The van der Waals surface area contributed by atoms with Crippen molar-refractivity contribution in [3.63, 3.8) is 0 Å². The molecular weight excluding hydrogens is 373 g/mol. The largest absolute Gasteiger partial charge is 0.406 e. The number of hydrogen-bond donors (Lipinski definition) is 0. The number of carbonyl (C=O) groups excluding carboxylic acids is 2. The molecule has 2 saturated heterocycles. The zero-order valence-corrected chi connectivity index (χ0v) is 17.0. The Bertz CT molecular complexity index is 522. The van der Waals surface area contributed by atoms with E-state index >= 15 is 0 Å². The minimum Gasteiger partial charge on any atom is -0.342 e. The summed E-state index contributed by atoms with van der Waals surface area (Å²) in [6, 6.07) is 0. The van der Waals surface area contributed by atoms with Crippen LogP contribution in [0.1, 0.15) is 33.1 Å². The number of amides is 2. The average Bonchev–Trinajstić information content (AvgIpc) is 3.03. The van der Waals surface area contributed by atoms with Crippen molar-refractivity contribution in [2.45, 2.75) is 39.3 Å². The van der Waals surface area contributed by atoms with Crippen LogP contribution in [0.3, 0.4) is 0 Å². The molecule has 2 heterocycles. The van der Waals surface area contributed by atoms with Gasteiger partial charge in [0, 0.05) is 32.7 Å². The smallest absolute Gasteiger partial charge is 0.342 e. The second-order valence-electron chi connectivity index (χ2n) is 8.28. The van der Waals surface area contributed by atoms with Crippen molar-refractivity contribution < 1.29 is 22.8 Å². The second kappa shape index (κ2) is 10.4. The van der Waals surface area contributed by atoms with Gasteiger partial charge in [-0.1, -0.05) is 13.8 Å². The lowest BCUT2D eigenvalue weighted by atomic mass is 10.2. The van der Waals surface area contributed by atoms with Crippen molar-refractivity contribution in [2.24, 2.45) is 5.92 Å². The van der Waals surface area contributed by atoms with E-state index in [2.05, 4.69) is 4.90 Å². The third kappa shape index (κ3) is 7.95. The summed E-state index contributed by atoms with van der Waals surface area (Å²) in [5.74, 6) is -0.356. The zero-order chi connectivity index (χ0) is 20.7. The maximum atomic E-state index is 12.8. The van der Waals surface area contributed by atoms with Crippen molar-refractivity contribution in [2.75, 3.05) is 65.4 Å². The Morgan fingerprint density at radius 3 is 2.00 bits per heavy atom. The molecule has 0 saturated carbocycles. The molecule has 2 rings (SSSR count). The van der Waals surface area contributed by atoms with Crippen LogP contribution in [-0.4, -0.2) is 103 Å². The Balaban J connectivity index is 1.83. The first-order valence-electron chi connectivity index (χ1n) is 10.2. The number of rotatable bonds is 7. The zero-order valence-electron chi connectivity index (χ0n) is 17.0. The summed E-state index contributed by atoms with van der Waals surface area (Å²) in [7, 11) is 0. The molecule has 28 heavy (non-hydrogen) atoms. The number of carbonyl (C=O) groups is 2. The van der Waals surface area contributed by atoms with Gasteiger partial charge in [0.1, 0.15) is 6.54 Å². The Morgan fingerprint density at radius 1 is 0.893 bits per heavy atom. The van der Waals surface area contributed by atoms with Crippen LogP contribution in [-0.2, 0) is 9.59 Å². The summed E-state index contributed by atoms with van der Waals surface area (Å²) in [6.07, 6.45) is -1.47. The van der Waals surface area contributed by atoms with Gasteiger partial charge in [0.25, 0.3) is 0 Å². The number of alkyl halides is 3. The van der Waals surface area contributed by atoms with E-state index in [1.165, 1.54) is 0 Å². The van der Waals surface area contributed by atoms with Crippen molar-refractivity contribution in [1.82, 2.24) is 19.6 Å². The number of hydrogen-bond acceptors (Lipinski definition) is 4. The molecule has 0 aliphatic carbocycles. The highest BCUT2D eigenvalue weighted by Gasteiger charge is 2.34. The summed E-state index contributed by atoms with van der Waals surface area (Å²) in [5, 5.41) is 0. The summed E-state index contributed by atoms with van der Waals surface area (Å²) < 4.78 is 38.4. The monoisotopic (exact) mass is 406 g/mol. The van der Waals surface area contributed by atoms with Crippen molar-refractivity contribution in [1.29, 1.82) is 0 Å². The van der Waals surface area contributed by atoms with Crippen LogP contribution in [0.5, 0.6) is 0 Å². The standard InChI is InChI=1S/C19H33F3N4O2/c1-16(2)12-26(15-19(20,21)22)18(28)14-24-7-5-6-23(10-11-24)13-17(27)25-8-3-4-9-25/h16H,3-15H2,1-2H3. The highest BCUT2D eigenvalue weighted by Crippen LogP contribution is 2.18. The maximum absolute atomic E-state index is 12.8. The van der Waals surface area contributed by atoms with Crippen LogP contribution >= 0.6 is 0 Å². The van der Waals surface area contributed by atoms with Crippen LogP contribution in [0.2, 0.25) is 0 Å². The summed E-state index contributed by atoms with van der Waals surface area (Å²) in [5.41, 5.74) is 0. The Labute approximate surface area is 165 Å². The van der Waals surface area contributed by atoms with E-state index in [-0.39, 0.29) is 24.9 Å². The highest BCUT2D eigenvalue weighted by molar-refractivity contribution is 5.79. The Hall–Kier alpha value is -1.35. The summed E-state index contributed by atoms with van der Waals surface area (Å²) in [6.45, 7) is 7.20. The topological polar surface area (TPSA) is 47.1 Å². The average molecular weight is 406 g/mol. The fraction of sp³-hybridized carbons (Fsp3) is 0.895. The number of nitrogens with zero attached hydrogens (tertiary/aromatic N) is 4. The van der Waals surface area contributed by atoms with Crippen LogP contribution in [0.15, 0.2) is 0 Å². The van der Waals surface area contributed by atoms with E-state index in [9.17, 15) is 22.8 Å². The van der Waals surface area contributed by atoms with E-state index in [0.717, 1.165) is 43.8 Å². The lowest BCUT2D eigenvalue weighted by Crippen LogP contribution is -2.46. The van der Waals surface area contributed by atoms with Gasteiger partial charge in [-0.2, -0.15) is 13.2 Å². The first-order valence-corrected chi connectivity index (χ1v) is 10.2. The molecular formula is C19H33F3N4O2. The molecule has 0 atom stereocenters. The van der Waals surface area contributed by atoms with E-state index in [4.69, 9.17) is 0 Å².